The predicted octanol–water partition coefficient (Wildman–Crippen LogP) is 2.83. The highest BCUT2D eigenvalue weighted by molar-refractivity contribution is 5.91. The molecule has 0 spiro atoms. The van der Waals surface area contributed by atoms with Crippen molar-refractivity contribution in [2.45, 2.75) is 26.7 Å². The minimum Gasteiger partial charge on any atom is -0.322 e. The second kappa shape index (κ2) is 8.49. The van der Waals surface area contributed by atoms with E-state index < -0.39 is 0 Å². The molecule has 0 aromatic heterocycles. The van der Waals surface area contributed by atoms with Gasteiger partial charge in [-0.2, -0.15) is 0 Å². The number of urea groups is 1. The second-order valence-electron chi connectivity index (χ2n) is 7.26. The van der Waals surface area contributed by atoms with Gasteiger partial charge in [-0.25, -0.2) is 4.79 Å². The first-order valence-electron chi connectivity index (χ1n) is 8.91. The number of likely N-dealkylation sites (N-methyl/N-ethyl adjacent to an activating group) is 1. The number of nitrogens with one attached hydrogen (secondary N) is 1. The van der Waals surface area contributed by atoms with Crippen molar-refractivity contribution in [2.24, 2.45) is 0 Å². The van der Waals surface area contributed by atoms with Gasteiger partial charge in [-0.3, -0.25) is 4.90 Å². The Morgan fingerprint density at radius 3 is 2.46 bits per heavy atom. The molecule has 5 nitrogen and oxygen atoms in total. The summed E-state index contributed by atoms with van der Waals surface area (Å²) in [5, 5.41) is 3.16. The molecule has 0 aliphatic carbocycles. The molecule has 0 saturated carbocycles. The standard InChI is InChI=1S/C19H32N4O/c1-15(2)17-8-6-7-16(3)18(17)20-19(24)23-13-11-22(12-14-23)10-9-21(4)5/h6-8,15H,9-14H2,1-5H3,(H,20,24). The maximum absolute atomic E-state index is 12.7. The zero-order valence-corrected chi connectivity index (χ0v) is 15.8. The van der Waals surface area contributed by atoms with Gasteiger partial charge in [-0.05, 0) is 38.1 Å². The van der Waals surface area contributed by atoms with Crippen LogP contribution in [0.25, 0.3) is 0 Å². The van der Waals surface area contributed by atoms with Crippen LogP contribution in [0.4, 0.5) is 10.5 Å². The molecule has 1 saturated heterocycles. The maximum Gasteiger partial charge on any atom is 0.321 e. The third-order valence-corrected chi connectivity index (χ3v) is 4.68. The van der Waals surface area contributed by atoms with Gasteiger partial charge in [0.2, 0.25) is 0 Å². The SMILES string of the molecule is Cc1cccc(C(C)C)c1NC(=O)N1CCN(CCN(C)C)CC1. The average Bonchev–Trinajstić information content (AvgIpc) is 2.55. The number of hydrogen-bond acceptors (Lipinski definition) is 3. The Labute approximate surface area is 146 Å². The second-order valence-corrected chi connectivity index (χ2v) is 7.26. The summed E-state index contributed by atoms with van der Waals surface area (Å²) in [6, 6.07) is 6.25. The van der Waals surface area contributed by atoms with Gasteiger partial charge in [0, 0.05) is 45.0 Å². The average molecular weight is 332 g/mol. The molecule has 2 rings (SSSR count). The normalized spacial score (nSPS) is 16.0. The molecule has 24 heavy (non-hydrogen) atoms. The molecule has 5 heteroatoms. The van der Waals surface area contributed by atoms with Gasteiger partial charge in [-0.1, -0.05) is 32.0 Å². The number of aryl methyl sites for hydroxylation is 1. The van der Waals surface area contributed by atoms with Crippen LogP contribution in [0.15, 0.2) is 18.2 Å². The van der Waals surface area contributed by atoms with E-state index in [0.717, 1.165) is 50.5 Å². The zero-order chi connectivity index (χ0) is 17.7. The number of rotatable bonds is 5. The van der Waals surface area contributed by atoms with E-state index >= 15 is 0 Å². The van der Waals surface area contributed by atoms with Gasteiger partial charge in [0.15, 0.2) is 0 Å². The van der Waals surface area contributed by atoms with E-state index in [-0.39, 0.29) is 6.03 Å². The number of amides is 2. The Morgan fingerprint density at radius 2 is 1.88 bits per heavy atom. The molecule has 1 aromatic carbocycles. The highest BCUT2D eigenvalue weighted by Gasteiger charge is 2.22. The lowest BCUT2D eigenvalue weighted by atomic mass is 9.98. The largest absolute Gasteiger partial charge is 0.322 e. The Bertz CT molecular complexity index is 548. The van der Waals surface area contributed by atoms with Crippen molar-refractivity contribution < 1.29 is 4.79 Å². The maximum atomic E-state index is 12.7. The Kier molecular flexibility index (Phi) is 6.63. The van der Waals surface area contributed by atoms with Gasteiger partial charge in [0.05, 0.1) is 0 Å². The Balaban J connectivity index is 1.93. The predicted molar refractivity (Wildman–Crippen MR) is 101 cm³/mol. The van der Waals surface area contributed by atoms with Crippen molar-refractivity contribution in [1.29, 1.82) is 0 Å². The van der Waals surface area contributed by atoms with Crippen LogP contribution in [0.5, 0.6) is 0 Å². The molecule has 0 unspecified atom stereocenters. The van der Waals surface area contributed by atoms with Crippen LogP contribution >= 0.6 is 0 Å². The molecular weight excluding hydrogens is 300 g/mol. The molecule has 1 aliphatic rings. The Hall–Kier alpha value is -1.59. The highest BCUT2D eigenvalue weighted by atomic mass is 16.2. The van der Waals surface area contributed by atoms with Crippen LogP contribution in [0, 0.1) is 6.92 Å². The molecule has 1 N–H and O–H groups in total. The fourth-order valence-electron chi connectivity index (χ4n) is 3.04. The van der Waals surface area contributed by atoms with E-state index in [0.29, 0.717) is 5.92 Å². The number of para-hydroxylation sites is 1. The molecule has 0 radical (unpaired) electrons. The van der Waals surface area contributed by atoms with Crippen molar-refractivity contribution in [3.63, 3.8) is 0 Å². The molecule has 1 heterocycles. The van der Waals surface area contributed by atoms with Crippen LogP contribution in [-0.4, -0.2) is 74.1 Å². The number of benzene rings is 1. The van der Waals surface area contributed by atoms with Gasteiger partial charge in [-0.15, -0.1) is 0 Å². The Morgan fingerprint density at radius 1 is 1.21 bits per heavy atom. The third kappa shape index (κ3) is 4.95. The minimum atomic E-state index is 0.0264. The first-order valence-corrected chi connectivity index (χ1v) is 8.91. The number of nitrogens with zero attached hydrogens (tertiary/aromatic N) is 3. The summed E-state index contributed by atoms with van der Waals surface area (Å²) in [6.07, 6.45) is 0. The summed E-state index contributed by atoms with van der Waals surface area (Å²) < 4.78 is 0. The highest BCUT2D eigenvalue weighted by Crippen LogP contribution is 2.27. The van der Waals surface area contributed by atoms with Crippen LogP contribution in [-0.2, 0) is 0 Å². The van der Waals surface area contributed by atoms with E-state index in [2.05, 4.69) is 68.2 Å². The van der Waals surface area contributed by atoms with Crippen molar-refractivity contribution in [3.05, 3.63) is 29.3 Å². The lowest BCUT2D eigenvalue weighted by Crippen LogP contribution is -2.51. The summed E-state index contributed by atoms with van der Waals surface area (Å²) in [7, 11) is 4.19. The molecule has 1 aromatic rings. The van der Waals surface area contributed by atoms with Gasteiger partial charge in [0.1, 0.15) is 0 Å². The van der Waals surface area contributed by atoms with E-state index in [9.17, 15) is 4.79 Å². The topological polar surface area (TPSA) is 38.8 Å². The van der Waals surface area contributed by atoms with Crippen molar-refractivity contribution >= 4 is 11.7 Å². The molecule has 1 fully saturated rings. The third-order valence-electron chi connectivity index (χ3n) is 4.68. The van der Waals surface area contributed by atoms with Crippen LogP contribution < -0.4 is 5.32 Å². The molecule has 0 atom stereocenters. The molecule has 134 valence electrons. The number of anilines is 1. The lowest BCUT2D eigenvalue weighted by molar-refractivity contribution is 0.140. The monoisotopic (exact) mass is 332 g/mol. The number of piperazine rings is 1. The molecule has 2 amide bonds. The molecule has 1 aliphatic heterocycles. The number of carbonyl (C=O) groups is 1. The first-order chi connectivity index (χ1) is 11.4. The summed E-state index contributed by atoms with van der Waals surface area (Å²) >= 11 is 0. The fraction of sp³-hybridized carbons (Fsp3) is 0.632. The van der Waals surface area contributed by atoms with Crippen LogP contribution in [0.1, 0.15) is 30.9 Å². The number of hydrogen-bond donors (Lipinski definition) is 1. The van der Waals surface area contributed by atoms with Crippen LogP contribution in [0.2, 0.25) is 0 Å². The smallest absolute Gasteiger partial charge is 0.321 e. The van der Waals surface area contributed by atoms with E-state index in [1.807, 2.05) is 4.90 Å². The van der Waals surface area contributed by atoms with Crippen molar-refractivity contribution in [2.75, 3.05) is 58.7 Å². The van der Waals surface area contributed by atoms with Crippen molar-refractivity contribution in [1.82, 2.24) is 14.7 Å². The van der Waals surface area contributed by atoms with Gasteiger partial charge < -0.3 is 15.1 Å². The molecule has 0 bridgehead atoms. The van der Waals surface area contributed by atoms with Gasteiger partial charge >= 0.3 is 6.03 Å². The quantitative estimate of drug-likeness (QED) is 0.901. The number of carbonyl (C=O) groups excluding carboxylic acids is 1. The van der Waals surface area contributed by atoms with Crippen LogP contribution in [0.3, 0.4) is 0 Å². The van der Waals surface area contributed by atoms with Crippen molar-refractivity contribution in [3.8, 4) is 0 Å². The fourth-order valence-corrected chi connectivity index (χ4v) is 3.04. The van der Waals surface area contributed by atoms with E-state index in [1.165, 1.54) is 5.56 Å². The summed E-state index contributed by atoms with van der Waals surface area (Å²) in [6.45, 7) is 12.0. The molecular formula is C19H32N4O. The first kappa shape index (κ1) is 18.7. The summed E-state index contributed by atoms with van der Waals surface area (Å²) in [4.78, 5) is 19.2. The lowest BCUT2D eigenvalue weighted by Gasteiger charge is -2.35. The summed E-state index contributed by atoms with van der Waals surface area (Å²) in [5.41, 5.74) is 3.31. The van der Waals surface area contributed by atoms with Gasteiger partial charge in [0.25, 0.3) is 0 Å². The minimum absolute atomic E-state index is 0.0264. The van der Waals surface area contributed by atoms with E-state index in [1.54, 1.807) is 0 Å². The summed E-state index contributed by atoms with van der Waals surface area (Å²) in [5.74, 6) is 0.392. The zero-order valence-electron chi connectivity index (χ0n) is 15.8. The van der Waals surface area contributed by atoms with E-state index in [4.69, 9.17) is 0 Å².